The fourth-order valence-corrected chi connectivity index (χ4v) is 2.94. The van der Waals surface area contributed by atoms with Crippen LogP contribution in [0.25, 0.3) is 0 Å². The smallest absolute Gasteiger partial charge is 0.240 e. The van der Waals surface area contributed by atoms with Crippen molar-refractivity contribution < 1.29 is 8.42 Å². The molecule has 94 valence electrons. The lowest BCUT2D eigenvalue weighted by Crippen LogP contribution is -2.32. The first-order valence-corrected chi connectivity index (χ1v) is 7.33. The van der Waals surface area contributed by atoms with Crippen LogP contribution in [0.5, 0.6) is 0 Å². The summed E-state index contributed by atoms with van der Waals surface area (Å²) in [5.74, 6) is 0.507. The van der Waals surface area contributed by atoms with Crippen molar-refractivity contribution in [2.75, 3.05) is 12.3 Å². The van der Waals surface area contributed by atoms with Crippen LogP contribution in [0.15, 0.2) is 23.1 Å². The Hall–Kier alpha value is -1.07. The van der Waals surface area contributed by atoms with Gasteiger partial charge in [-0.1, -0.05) is 12.5 Å². The summed E-state index contributed by atoms with van der Waals surface area (Å²) in [6.45, 7) is 2.39. The van der Waals surface area contributed by atoms with Gasteiger partial charge in [-0.2, -0.15) is 0 Å². The van der Waals surface area contributed by atoms with Crippen molar-refractivity contribution in [3.8, 4) is 0 Å². The lowest BCUT2D eigenvalue weighted by molar-refractivity contribution is 0.316. The van der Waals surface area contributed by atoms with Gasteiger partial charge in [0.1, 0.15) is 0 Å². The molecule has 1 fully saturated rings. The van der Waals surface area contributed by atoms with Crippen molar-refractivity contribution in [2.45, 2.75) is 31.1 Å². The van der Waals surface area contributed by atoms with E-state index in [2.05, 4.69) is 4.72 Å². The van der Waals surface area contributed by atoms with Gasteiger partial charge in [0.25, 0.3) is 0 Å². The Kier molecular flexibility index (Phi) is 3.40. The summed E-state index contributed by atoms with van der Waals surface area (Å²) >= 11 is 0. The maximum atomic E-state index is 12.0. The van der Waals surface area contributed by atoms with Crippen molar-refractivity contribution in [3.05, 3.63) is 23.8 Å². The van der Waals surface area contributed by atoms with Crippen LogP contribution in [0, 0.1) is 12.8 Å². The first-order chi connectivity index (χ1) is 7.99. The van der Waals surface area contributed by atoms with Crippen LogP contribution in [-0.2, 0) is 10.0 Å². The number of nitrogens with two attached hydrogens (primary N) is 1. The summed E-state index contributed by atoms with van der Waals surface area (Å²) in [6.07, 6.45) is 3.46. The Morgan fingerprint density at radius 3 is 2.65 bits per heavy atom. The standard InChI is InChI=1S/C12H18N2O2S/c1-9-5-6-11(7-12(9)13)17(15,16)14-8-10-3-2-4-10/h5-7,10,14H,2-4,8,13H2,1H3. The van der Waals surface area contributed by atoms with Crippen LogP contribution in [0.1, 0.15) is 24.8 Å². The minimum absolute atomic E-state index is 0.250. The highest BCUT2D eigenvalue weighted by atomic mass is 32.2. The zero-order valence-corrected chi connectivity index (χ0v) is 10.8. The monoisotopic (exact) mass is 254 g/mol. The molecule has 4 nitrogen and oxygen atoms in total. The molecule has 0 bridgehead atoms. The Morgan fingerprint density at radius 1 is 1.41 bits per heavy atom. The molecular formula is C12H18N2O2S. The lowest BCUT2D eigenvalue weighted by atomic mass is 9.86. The summed E-state index contributed by atoms with van der Waals surface area (Å²) in [5.41, 5.74) is 7.12. The molecule has 17 heavy (non-hydrogen) atoms. The summed E-state index contributed by atoms with van der Waals surface area (Å²) in [6, 6.07) is 4.83. The molecule has 2 rings (SSSR count). The first kappa shape index (κ1) is 12.4. The average molecular weight is 254 g/mol. The summed E-state index contributed by atoms with van der Waals surface area (Å²) in [7, 11) is -3.40. The van der Waals surface area contributed by atoms with Crippen molar-refractivity contribution in [2.24, 2.45) is 5.92 Å². The highest BCUT2D eigenvalue weighted by Crippen LogP contribution is 2.26. The lowest BCUT2D eigenvalue weighted by Gasteiger charge is -2.25. The average Bonchev–Trinajstić information content (AvgIpc) is 2.19. The van der Waals surface area contributed by atoms with Gasteiger partial charge in [-0.3, -0.25) is 0 Å². The SMILES string of the molecule is Cc1ccc(S(=O)(=O)NCC2CCC2)cc1N. The zero-order chi connectivity index (χ0) is 12.5. The van der Waals surface area contributed by atoms with Gasteiger partial charge in [0.2, 0.25) is 10.0 Å². The van der Waals surface area contributed by atoms with Crippen LogP contribution in [0.3, 0.4) is 0 Å². The second-order valence-electron chi connectivity index (χ2n) is 4.67. The number of anilines is 1. The van der Waals surface area contributed by atoms with Crippen LogP contribution in [0.2, 0.25) is 0 Å². The van der Waals surface area contributed by atoms with E-state index in [0.717, 1.165) is 18.4 Å². The van der Waals surface area contributed by atoms with E-state index >= 15 is 0 Å². The molecular weight excluding hydrogens is 236 g/mol. The predicted octanol–water partition coefficient (Wildman–Crippen LogP) is 1.66. The Balaban J connectivity index is 2.10. The molecule has 0 aliphatic heterocycles. The molecule has 0 radical (unpaired) electrons. The van der Waals surface area contributed by atoms with Crippen molar-refractivity contribution >= 4 is 15.7 Å². The summed E-state index contributed by atoms with van der Waals surface area (Å²) < 4.78 is 26.6. The number of nitrogen functional groups attached to an aromatic ring is 1. The van der Waals surface area contributed by atoms with Crippen LogP contribution < -0.4 is 10.5 Å². The van der Waals surface area contributed by atoms with Crippen molar-refractivity contribution in [1.82, 2.24) is 4.72 Å². The highest BCUT2D eigenvalue weighted by Gasteiger charge is 2.21. The minimum atomic E-state index is -3.40. The summed E-state index contributed by atoms with van der Waals surface area (Å²) in [4.78, 5) is 0.250. The van der Waals surface area contributed by atoms with Gasteiger partial charge in [0.15, 0.2) is 0 Å². The molecule has 0 amide bonds. The molecule has 0 saturated heterocycles. The van der Waals surface area contributed by atoms with Crippen molar-refractivity contribution in [3.63, 3.8) is 0 Å². The molecule has 1 aliphatic carbocycles. The van der Waals surface area contributed by atoms with Gasteiger partial charge in [0, 0.05) is 12.2 Å². The predicted molar refractivity (Wildman–Crippen MR) is 68.1 cm³/mol. The molecule has 0 spiro atoms. The third-order valence-electron chi connectivity index (χ3n) is 3.35. The number of hydrogen-bond donors (Lipinski definition) is 2. The van der Waals surface area contributed by atoms with E-state index in [4.69, 9.17) is 5.73 Å². The number of hydrogen-bond acceptors (Lipinski definition) is 3. The zero-order valence-electron chi connectivity index (χ0n) is 9.94. The number of sulfonamides is 1. The van der Waals surface area contributed by atoms with E-state index in [1.807, 2.05) is 6.92 Å². The van der Waals surface area contributed by atoms with Crippen LogP contribution >= 0.6 is 0 Å². The second kappa shape index (κ2) is 4.66. The van der Waals surface area contributed by atoms with E-state index in [1.54, 1.807) is 12.1 Å². The van der Waals surface area contributed by atoms with Gasteiger partial charge in [-0.15, -0.1) is 0 Å². The number of aryl methyl sites for hydroxylation is 1. The fourth-order valence-electron chi connectivity index (χ4n) is 1.79. The third kappa shape index (κ3) is 2.79. The maximum absolute atomic E-state index is 12.0. The van der Waals surface area contributed by atoms with Gasteiger partial charge in [0.05, 0.1) is 4.90 Å². The molecule has 5 heteroatoms. The Bertz CT molecular complexity index is 507. The Morgan fingerprint density at radius 2 is 2.12 bits per heavy atom. The topological polar surface area (TPSA) is 72.2 Å². The largest absolute Gasteiger partial charge is 0.398 e. The minimum Gasteiger partial charge on any atom is -0.398 e. The first-order valence-electron chi connectivity index (χ1n) is 5.85. The maximum Gasteiger partial charge on any atom is 0.240 e. The Labute approximate surface area is 102 Å². The van der Waals surface area contributed by atoms with E-state index in [1.165, 1.54) is 12.5 Å². The fraction of sp³-hybridized carbons (Fsp3) is 0.500. The van der Waals surface area contributed by atoms with Crippen molar-refractivity contribution in [1.29, 1.82) is 0 Å². The van der Waals surface area contributed by atoms with Crippen LogP contribution in [-0.4, -0.2) is 15.0 Å². The molecule has 1 aromatic rings. The molecule has 1 aliphatic rings. The van der Waals surface area contributed by atoms with Gasteiger partial charge < -0.3 is 5.73 Å². The van der Waals surface area contributed by atoms with Gasteiger partial charge in [-0.25, -0.2) is 13.1 Å². The number of benzene rings is 1. The molecule has 0 aromatic heterocycles. The van der Waals surface area contributed by atoms with Crippen LogP contribution in [0.4, 0.5) is 5.69 Å². The molecule has 1 saturated carbocycles. The molecule has 0 heterocycles. The third-order valence-corrected chi connectivity index (χ3v) is 4.77. The van der Waals surface area contributed by atoms with E-state index < -0.39 is 10.0 Å². The van der Waals surface area contributed by atoms with E-state index in [0.29, 0.717) is 18.2 Å². The summed E-state index contributed by atoms with van der Waals surface area (Å²) in [5, 5.41) is 0. The quantitative estimate of drug-likeness (QED) is 0.803. The normalized spacial score (nSPS) is 16.8. The molecule has 1 aromatic carbocycles. The van der Waals surface area contributed by atoms with Gasteiger partial charge >= 0.3 is 0 Å². The highest BCUT2D eigenvalue weighted by molar-refractivity contribution is 7.89. The molecule has 3 N–H and O–H groups in total. The molecule has 0 atom stereocenters. The van der Waals surface area contributed by atoms with E-state index in [-0.39, 0.29) is 4.90 Å². The number of rotatable bonds is 4. The van der Waals surface area contributed by atoms with Gasteiger partial charge in [-0.05, 0) is 43.4 Å². The number of nitrogens with one attached hydrogen (secondary N) is 1. The second-order valence-corrected chi connectivity index (χ2v) is 6.43. The molecule has 0 unspecified atom stereocenters. The van der Waals surface area contributed by atoms with E-state index in [9.17, 15) is 8.42 Å².